The molecule has 0 fully saturated rings. The molecule has 1 aromatic rings. The van der Waals surface area contributed by atoms with Gasteiger partial charge >= 0.3 is 0 Å². The lowest BCUT2D eigenvalue weighted by atomic mass is 10.2. The molecule has 0 radical (unpaired) electrons. The maximum absolute atomic E-state index is 12.2. The Morgan fingerprint density at radius 1 is 1.45 bits per heavy atom. The zero-order valence-electron chi connectivity index (χ0n) is 12.2. The molecule has 20 heavy (non-hydrogen) atoms. The molecule has 0 aliphatic carbocycles. The van der Waals surface area contributed by atoms with Gasteiger partial charge in [0.2, 0.25) is 0 Å². The van der Waals surface area contributed by atoms with E-state index < -0.39 is 0 Å². The van der Waals surface area contributed by atoms with Crippen molar-refractivity contribution in [1.82, 2.24) is 15.1 Å². The molecular formula is C15H22N4O. The average molecular weight is 274 g/mol. The fourth-order valence-electron chi connectivity index (χ4n) is 2.25. The number of nitrogens with zero attached hydrogens (tertiary/aromatic N) is 2. The summed E-state index contributed by atoms with van der Waals surface area (Å²) in [5, 5.41) is 10.3. The van der Waals surface area contributed by atoms with Gasteiger partial charge in [-0.15, -0.1) is 0 Å². The fourth-order valence-corrected chi connectivity index (χ4v) is 2.25. The van der Waals surface area contributed by atoms with Crippen LogP contribution in [0.1, 0.15) is 49.9 Å². The van der Waals surface area contributed by atoms with E-state index in [4.69, 9.17) is 0 Å². The summed E-state index contributed by atoms with van der Waals surface area (Å²) in [5.41, 5.74) is 2.28. The molecule has 5 nitrogen and oxygen atoms in total. The van der Waals surface area contributed by atoms with Crippen LogP contribution >= 0.6 is 0 Å². The smallest absolute Gasteiger partial charge is 0.256 e. The third-order valence-electron chi connectivity index (χ3n) is 3.33. The van der Waals surface area contributed by atoms with Crippen LogP contribution in [-0.2, 0) is 0 Å². The van der Waals surface area contributed by atoms with Crippen molar-refractivity contribution < 1.29 is 4.79 Å². The van der Waals surface area contributed by atoms with Gasteiger partial charge in [-0.3, -0.25) is 4.79 Å². The summed E-state index contributed by atoms with van der Waals surface area (Å²) in [6, 6.07) is 0. The number of fused-ring (bicyclic) bond motifs is 1. The number of allylic oxidation sites excluding steroid dienone is 2. The SMILES string of the molecule is C=C1C=C(C)n2ncc(C(=O)NCCCCCC)c2N1. The standard InChI is InChI=1S/C15H22N4O/c1-4-5-6-7-8-16-15(20)13-10-17-19-12(3)9-11(2)18-14(13)19/h9-10,18H,2,4-8H2,1,3H3,(H,16,20). The number of unbranched alkanes of at least 4 members (excludes halogenated alkanes) is 3. The summed E-state index contributed by atoms with van der Waals surface area (Å²) >= 11 is 0. The van der Waals surface area contributed by atoms with Gasteiger partial charge in [-0.05, 0) is 19.4 Å². The van der Waals surface area contributed by atoms with Crippen molar-refractivity contribution in [2.24, 2.45) is 0 Å². The summed E-state index contributed by atoms with van der Waals surface area (Å²) < 4.78 is 1.72. The molecule has 0 aromatic carbocycles. The van der Waals surface area contributed by atoms with E-state index in [1.165, 1.54) is 12.8 Å². The third-order valence-corrected chi connectivity index (χ3v) is 3.33. The molecule has 0 spiro atoms. The minimum absolute atomic E-state index is 0.0854. The Kier molecular flexibility index (Phi) is 4.61. The number of hydrogen-bond acceptors (Lipinski definition) is 3. The Balaban J connectivity index is 1.98. The number of anilines is 1. The van der Waals surface area contributed by atoms with Crippen LogP contribution in [0.15, 0.2) is 24.5 Å². The quantitative estimate of drug-likeness (QED) is 0.784. The van der Waals surface area contributed by atoms with E-state index in [1.54, 1.807) is 10.9 Å². The van der Waals surface area contributed by atoms with Gasteiger partial charge in [0.25, 0.3) is 5.91 Å². The molecule has 1 amide bonds. The highest BCUT2D eigenvalue weighted by atomic mass is 16.1. The first-order valence-corrected chi connectivity index (χ1v) is 7.14. The van der Waals surface area contributed by atoms with E-state index in [2.05, 4.69) is 29.2 Å². The first-order valence-electron chi connectivity index (χ1n) is 7.14. The predicted octanol–water partition coefficient (Wildman–Crippen LogP) is 2.99. The molecule has 1 aromatic heterocycles. The Morgan fingerprint density at radius 3 is 3.00 bits per heavy atom. The molecule has 2 rings (SSSR count). The summed E-state index contributed by atoms with van der Waals surface area (Å²) in [5.74, 6) is 0.610. The molecular weight excluding hydrogens is 252 g/mol. The first kappa shape index (κ1) is 14.4. The minimum Gasteiger partial charge on any atom is -0.352 e. The summed E-state index contributed by atoms with van der Waals surface area (Å²) in [7, 11) is 0. The van der Waals surface area contributed by atoms with Gasteiger partial charge in [0.1, 0.15) is 11.4 Å². The van der Waals surface area contributed by atoms with E-state index in [0.717, 1.165) is 24.2 Å². The van der Waals surface area contributed by atoms with Crippen molar-refractivity contribution in [2.45, 2.75) is 39.5 Å². The highest BCUT2D eigenvalue weighted by molar-refractivity contribution is 5.99. The van der Waals surface area contributed by atoms with E-state index in [0.29, 0.717) is 17.9 Å². The zero-order chi connectivity index (χ0) is 14.5. The van der Waals surface area contributed by atoms with Crippen LogP contribution in [0.4, 0.5) is 5.82 Å². The molecule has 108 valence electrons. The van der Waals surface area contributed by atoms with Crippen molar-refractivity contribution in [2.75, 3.05) is 11.9 Å². The van der Waals surface area contributed by atoms with Crippen molar-refractivity contribution in [1.29, 1.82) is 0 Å². The number of hydrogen-bond donors (Lipinski definition) is 2. The second kappa shape index (κ2) is 6.41. The van der Waals surface area contributed by atoms with E-state index in [9.17, 15) is 4.79 Å². The number of nitrogens with one attached hydrogen (secondary N) is 2. The first-order chi connectivity index (χ1) is 9.63. The van der Waals surface area contributed by atoms with Crippen LogP contribution in [0.25, 0.3) is 5.70 Å². The second-order valence-electron chi connectivity index (χ2n) is 5.07. The monoisotopic (exact) mass is 274 g/mol. The molecule has 1 aliphatic heterocycles. The Labute approximate surface area is 119 Å². The topological polar surface area (TPSA) is 59.0 Å². The van der Waals surface area contributed by atoms with Gasteiger partial charge < -0.3 is 10.6 Å². The van der Waals surface area contributed by atoms with Gasteiger partial charge in [0.05, 0.1) is 6.20 Å². The number of carbonyl (C=O) groups excluding carboxylic acids is 1. The highest BCUT2D eigenvalue weighted by Crippen LogP contribution is 2.25. The molecule has 0 bridgehead atoms. The molecule has 2 N–H and O–H groups in total. The summed E-state index contributed by atoms with van der Waals surface area (Å²) in [6.07, 6.45) is 8.07. The molecule has 5 heteroatoms. The average Bonchev–Trinajstić information content (AvgIpc) is 2.82. The number of amides is 1. The molecule has 0 saturated heterocycles. The van der Waals surface area contributed by atoms with E-state index in [-0.39, 0.29) is 5.91 Å². The van der Waals surface area contributed by atoms with Crippen LogP contribution in [0, 0.1) is 0 Å². The van der Waals surface area contributed by atoms with Crippen LogP contribution in [0.2, 0.25) is 0 Å². The maximum atomic E-state index is 12.2. The lowest BCUT2D eigenvalue weighted by Gasteiger charge is -2.17. The molecule has 1 aliphatic rings. The van der Waals surface area contributed by atoms with Gasteiger partial charge in [-0.25, -0.2) is 4.68 Å². The maximum Gasteiger partial charge on any atom is 0.256 e. The van der Waals surface area contributed by atoms with Crippen LogP contribution in [0.3, 0.4) is 0 Å². The van der Waals surface area contributed by atoms with E-state index in [1.807, 2.05) is 13.0 Å². The normalized spacial score (nSPS) is 13.5. The van der Waals surface area contributed by atoms with E-state index >= 15 is 0 Å². The van der Waals surface area contributed by atoms with Crippen molar-refractivity contribution >= 4 is 17.4 Å². The molecule has 2 heterocycles. The lowest BCUT2D eigenvalue weighted by Crippen LogP contribution is -2.25. The van der Waals surface area contributed by atoms with Crippen molar-refractivity contribution in [3.8, 4) is 0 Å². The molecule has 0 unspecified atom stereocenters. The minimum atomic E-state index is -0.0854. The Bertz CT molecular complexity index is 542. The van der Waals surface area contributed by atoms with Crippen LogP contribution < -0.4 is 10.6 Å². The third kappa shape index (κ3) is 3.10. The van der Waals surface area contributed by atoms with Crippen LogP contribution in [-0.4, -0.2) is 22.2 Å². The van der Waals surface area contributed by atoms with Gasteiger partial charge in [0.15, 0.2) is 0 Å². The molecule has 0 atom stereocenters. The lowest BCUT2D eigenvalue weighted by molar-refractivity contribution is 0.0954. The zero-order valence-corrected chi connectivity index (χ0v) is 12.2. The van der Waals surface area contributed by atoms with Crippen molar-refractivity contribution in [3.05, 3.63) is 30.1 Å². The van der Waals surface area contributed by atoms with Gasteiger partial charge in [-0.1, -0.05) is 32.8 Å². The second-order valence-corrected chi connectivity index (χ2v) is 5.07. The largest absolute Gasteiger partial charge is 0.352 e. The van der Waals surface area contributed by atoms with Gasteiger partial charge in [-0.2, -0.15) is 5.10 Å². The molecule has 0 saturated carbocycles. The number of carbonyl (C=O) groups is 1. The van der Waals surface area contributed by atoms with Gasteiger partial charge in [0, 0.05) is 17.9 Å². The Hall–Kier alpha value is -2.04. The Morgan fingerprint density at radius 2 is 2.25 bits per heavy atom. The fraction of sp³-hybridized carbons (Fsp3) is 0.467. The highest BCUT2D eigenvalue weighted by Gasteiger charge is 2.20. The summed E-state index contributed by atoms with van der Waals surface area (Å²) in [4.78, 5) is 12.2. The number of rotatable bonds is 6. The van der Waals surface area contributed by atoms with Crippen molar-refractivity contribution in [3.63, 3.8) is 0 Å². The van der Waals surface area contributed by atoms with Crippen LogP contribution in [0.5, 0.6) is 0 Å². The predicted molar refractivity (Wildman–Crippen MR) is 81.4 cm³/mol. The number of aromatic nitrogens is 2. The summed E-state index contributed by atoms with van der Waals surface area (Å²) in [6.45, 7) is 8.70.